The number of nitrogens with one attached hydrogen (secondary N) is 1. The van der Waals surface area contributed by atoms with E-state index in [-0.39, 0.29) is 18.0 Å². The Morgan fingerprint density at radius 1 is 0.972 bits per heavy atom. The first-order valence-electron chi connectivity index (χ1n) is 10.7. The maximum atomic E-state index is 12.9. The summed E-state index contributed by atoms with van der Waals surface area (Å²) >= 11 is 1.10. The lowest BCUT2D eigenvalue weighted by Crippen LogP contribution is -2.15. The molecular formula is C25H21F3N4O3S. The van der Waals surface area contributed by atoms with E-state index in [2.05, 4.69) is 15.5 Å². The van der Waals surface area contributed by atoms with Gasteiger partial charge in [0.2, 0.25) is 5.91 Å². The van der Waals surface area contributed by atoms with Crippen LogP contribution in [-0.4, -0.2) is 33.5 Å². The quantitative estimate of drug-likeness (QED) is 0.293. The van der Waals surface area contributed by atoms with Crippen LogP contribution in [0.5, 0.6) is 11.5 Å². The highest BCUT2D eigenvalue weighted by Crippen LogP contribution is 2.31. The molecule has 4 rings (SSSR count). The van der Waals surface area contributed by atoms with Crippen molar-refractivity contribution in [3.05, 3.63) is 90.3 Å². The van der Waals surface area contributed by atoms with Crippen LogP contribution in [0, 0.1) is 0 Å². The molecule has 0 aliphatic heterocycles. The molecule has 3 aromatic carbocycles. The van der Waals surface area contributed by atoms with Gasteiger partial charge in [-0.3, -0.25) is 9.36 Å². The minimum Gasteiger partial charge on any atom is -0.493 e. The van der Waals surface area contributed by atoms with Crippen molar-refractivity contribution in [2.75, 3.05) is 18.2 Å². The Labute approximate surface area is 209 Å². The number of carbonyl (C=O) groups is 1. The largest absolute Gasteiger partial charge is 0.493 e. The topological polar surface area (TPSA) is 78.3 Å². The molecule has 0 atom stereocenters. The van der Waals surface area contributed by atoms with Crippen LogP contribution in [0.2, 0.25) is 0 Å². The molecular weight excluding hydrogens is 493 g/mol. The maximum Gasteiger partial charge on any atom is 0.416 e. The highest BCUT2D eigenvalue weighted by Gasteiger charge is 2.30. The zero-order chi connectivity index (χ0) is 25.5. The minimum atomic E-state index is -4.50. The number of thioether (sulfide) groups is 1. The van der Waals surface area contributed by atoms with Gasteiger partial charge in [0.1, 0.15) is 6.61 Å². The maximum absolute atomic E-state index is 12.9. The number of halogens is 3. The second-order valence-corrected chi connectivity index (χ2v) is 8.37. The lowest BCUT2D eigenvalue weighted by atomic mass is 10.2. The van der Waals surface area contributed by atoms with Gasteiger partial charge in [-0.15, -0.1) is 10.2 Å². The van der Waals surface area contributed by atoms with Gasteiger partial charge in [0, 0.05) is 11.4 Å². The molecule has 1 aromatic heterocycles. The monoisotopic (exact) mass is 514 g/mol. The molecule has 0 aliphatic rings. The predicted molar refractivity (Wildman–Crippen MR) is 129 cm³/mol. The van der Waals surface area contributed by atoms with Crippen molar-refractivity contribution in [3.63, 3.8) is 0 Å². The summed E-state index contributed by atoms with van der Waals surface area (Å²) in [5.74, 6) is 1.04. The fourth-order valence-corrected chi connectivity index (χ4v) is 4.08. The molecule has 0 aliphatic carbocycles. The van der Waals surface area contributed by atoms with Crippen LogP contribution in [0.3, 0.4) is 0 Å². The zero-order valence-electron chi connectivity index (χ0n) is 19.0. The number of ether oxygens (including phenoxy) is 2. The summed E-state index contributed by atoms with van der Waals surface area (Å²) in [6, 6.07) is 21.0. The van der Waals surface area contributed by atoms with Gasteiger partial charge in [0.05, 0.1) is 18.4 Å². The van der Waals surface area contributed by atoms with E-state index >= 15 is 0 Å². The molecule has 4 aromatic rings. The second-order valence-electron chi connectivity index (χ2n) is 7.42. The van der Waals surface area contributed by atoms with Gasteiger partial charge in [-0.2, -0.15) is 13.2 Å². The summed E-state index contributed by atoms with van der Waals surface area (Å²) in [5, 5.41) is 11.4. The van der Waals surface area contributed by atoms with Gasteiger partial charge in [0.15, 0.2) is 22.5 Å². The molecule has 0 saturated carbocycles. The minimum absolute atomic E-state index is 0.0610. The number of amides is 1. The van der Waals surface area contributed by atoms with Crippen molar-refractivity contribution in [2.24, 2.45) is 0 Å². The van der Waals surface area contributed by atoms with Crippen molar-refractivity contribution in [1.82, 2.24) is 14.8 Å². The van der Waals surface area contributed by atoms with Crippen molar-refractivity contribution in [3.8, 4) is 17.2 Å². The molecule has 11 heteroatoms. The Balaban J connectivity index is 1.49. The number of hydrogen-bond donors (Lipinski definition) is 1. The lowest BCUT2D eigenvalue weighted by molar-refractivity contribution is -0.137. The Morgan fingerprint density at radius 3 is 2.42 bits per heavy atom. The number of rotatable bonds is 9. The Kier molecular flexibility index (Phi) is 7.79. The zero-order valence-corrected chi connectivity index (χ0v) is 19.8. The molecule has 0 radical (unpaired) electrons. The molecule has 36 heavy (non-hydrogen) atoms. The first-order chi connectivity index (χ1) is 17.3. The third-order valence-electron chi connectivity index (χ3n) is 4.95. The number of para-hydroxylation sites is 3. The van der Waals surface area contributed by atoms with E-state index in [0.717, 1.165) is 29.6 Å². The molecule has 0 bridgehead atoms. The van der Waals surface area contributed by atoms with Crippen molar-refractivity contribution in [2.45, 2.75) is 17.9 Å². The van der Waals surface area contributed by atoms with E-state index in [0.29, 0.717) is 22.5 Å². The molecule has 0 unspecified atom stereocenters. The van der Waals surface area contributed by atoms with Crippen LogP contribution in [0.1, 0.15) is 11.4 Å². The third kappa shape index (κ3) is 6.16. The van der Waals surface area contributed by atoms with Crippen molar-refractivity contribution >= 4 is 23.4 Å². The van der Waals surface area contributed by atoms with Crippen LogP contribution < -0.4 is 14.8 Å². The predicted octanol–water partition coefficient (Wildman–Crippen LogP) is 5.60. The average Bonchev–Trinajstić information content (AvgIpc) is 3.29. The molecule has 7 nitrogen and oxygen atoms in total. The van der Waals surface area contributed by atoms with Crippen LogP contribution in [0.25, 0.3) is 5.69 Å². The standard InChI is InChI=1S/C25H21F3N4O3S/c1-34-20-12-5-6-13-21(20)35-15-22-30-31-24(32(22)19-10-3-2-4-11-19)36-16-23(33)29-18-9-7-8-17(14-18)25(26,27)28/h2-14H,15-16H2,1H3,(H,29,33). The SMILES string of the molecule is COc1ccccc1OCc1nnc(SCC(=O)Nc2cccc(C(F)(F)F)c2)n1-c1ccccc1. The van der Waals surface area contributed by atoms with Crippen LogP contribution in [0.15, 0.2) is 84.0 Å². The van der Waals surface area contributed by atoms with E-state index < -0.39 is 17.6 Å². The molecule has 0 saturated heterocycles. The number of benzene rings is 3. The van der Waals surface area contributed by atoms with Gasteiger partial charge in [-0.05, 0) is 42.5 Å². The first kappa shape index (κ1) is 25.1. The number of carbonyl (C=O) groups excluding carboxylic acids is 1. The Hall–Kier alpha value is -3.99. The third-order valence-corrected chi connectivity index (χ3v) is 5.88. The van der Waals surface area contributed by atoms with Gasteiger partial charge in [0.25, 0.3) is 0 Å². The summed E-state index contributed by atoms with van der Waals surface area (Å²) in [4.78, 5) is 12.5. The summed E-state index contributed by atoms with van der Waals surface area (Å²) in [5.41, 5.74) is -0.00998. The highest BCUT2D eigenvalue weighted by molar-refractivity contribution is 7.99. The molecule has 1 amide bonds. The number of alkyl halides is 3. The van der Waals surface area contributed by atoms with Crippen molar-refractivity contribution < 1.29 is 27.4 Å². The molecule has 186 valence electrons. The van der Waals surface area contributed by atoms with Gasteiger partial charge in [-0.25, -0.2) is 0 Å². The molecule has 1 N–H and O–H groups in total. The van der Waals surface area contributed by atoms with Crippen LogP contribution >= 0.6 is 11.8 Å². The number of hydrogen-bond acceptors (Lipinski definition) is 6. The number of aromatic nitrogens is 3. The fraction of sp³-hybridized carbons (Fsp3) is 0.160. The first-order valence-corrected chi connectivity index (χ1v) is 11.7. The molecule has 0 spiro atoms. The number of nitrogens with zero attached hydrogens (tertiary/aromatic N) is 3. The fourth-order valence-electron chi connectivity index (χ4n) is 3.30. The van der Waals surface area contributed by atoms with E-state index in [9.17, 15) is 18.0 Å². The van der Waals surface area contributed by atoms with E-state index in [1.807, 2.05) is 42.5 Å². The molecule has 1 heterocycles. The van der Waals surface area contributed by atoms with Crippen molar-refractivity contribution in [1.29, 1.82) is 0 Å². The van der Waals surface area contributed by atoms with Gasteiger partial charge in [-0.1, -0.05) is 48.2 Å². The smallest absolute Gasteiger partial charge is 0.416 e. The normalized spacial score (nSPS) is 11.2. The van der Waals surface area contributed by atoms with Crippen LogP contribution in [0.4, 0.5) is 18.9 Å². The number of methoxy groups -OCH3 is 1. The van der Waals surface area contributed by atoms with E-state index in [1.54, 1.807) is 23.8 Å². The highest BCUT2D eigenvalue weighted by atomic mass is 32.2. The Morgan fingerprint density at radius 2 is 1.69 bits per heavy atom. The van der Waals surface area contributed by atoms with Gasteiger partial charge < -0.3 is 14.8 Å². The summed E-state index contributed by atoms with van der Waals surface area (Å²) < 4.78 is 51.8. The summed E-state index contributed by atoms with van der Waals surface area (Å²) in [6.07, 6.45) is -4.50. The van der Waals surface area contributed by atoms with Crippen LogP contribution in [-0.2, 0) is 17.6 Å². The lowest BCUT2D eigenvalue weighted by Gasteiger charge is -2.13. The second kappa shape index (κ2) is 11.2. The summed E-state index contributed by atoms with van der Waals surface area (Å²) in [7, 11) is 1.55. The average molecular weight is 515 g/mol. The van der Waals surface area contributed by atoms with Gasteiger partial charge >= 0.3 is 6.18 Å². The number of anilines is 1. The summed E-state index contributed by atoms with van der Waals surface area (Å²) in [6.45, 7) is 0.0826. The molecule has 0 fully saturated rings. The Bertz CT molecular complexity index is 1330. The van der Waals surface area contributed by atoms with E-state index in [1.165, 1.54) is 12.1 Å². The van der Waals surface area contributed by atoms with E-state index in [4.69, 9.17) is 9.47 Å².